The summed E-state index contributed by atoms with van der Waals surface area (Å²) in [6.45, 7) is 4.95. The summed E-state index contributed by atoms with van der Waals surface area (Å²) < 4.78 is 0.627. The molecule has 0 aliphatic heterocycles. The lowest BCUT2D eigenvalue weighted by Gasteiger charge is -2.29. The Balaban J connectivity index is 2.11. The van der Waals surface area contributed by atoms with Crippen LogP contribution in [0.25, 0.3) is 0 Å². The summed E-state index contributed by atoms with van der Waals surface area (Å²) in [5, 5.41) is 12.0. The van der Waals surface area contributed by atoms with E-state index in [0.717, 1.165) is 19.3 Å². The van der Waals surface area contributed by atoms with E-state index in [1.165, 1.54) is 48.8 Å². The van der Waals surface area contributed by atoms with Crippen molar-refractivity contribution < 1.29 is 19.2 Å². The molecule has 170 valence electrons. The van der Waals surface area contributed by atoms with E-state index in [1.807, 2.05) is 21.1 Å². The van der Waals surface area contributed by atoms with Gasteiger partial charge in [-0.1, -0.05) is 55.9 Å². The van der Waals surface area contributed by atoms with Crippen LogP contribution >= 0.6 is 0 Å². The van der Waals surface area contributed by atoms with Crippen LogP contribution in [-0.2, 0) is 16.0 Å². The van der Waals surface area contributed by atoms with E-state index < -0.39 is 5.97 Å². The maximum Gasteiger partial charge on any atom is 0.305 e. The number of rotatable bonds is 15. The first-order valence-electron chi connectivity index (χ1n) is 11.4. The van der Waals surface area contributed by atoms with Crippen molar-refractivity contribution >= 4 is 11.9 Å². The van der Waals surface area contributed by atoms with E-state index in [2.05, 4.69) is 37.4 Å². The Morgan fingerprint density at radius 2 is 1.57 bits per heavy atom. The largest absolute Gasteiger partial charge is 0.481 e. The molecule has 1 unspecified atom stereocenters. The number of amides is 1. The van der Waals surface area contributed by atoms with Gasteiger partial charge in [0.1, 0.15) is 0 Å². The van der Waals surface area contributed by atoms with Crippen molar-refractivity contribution in [1.29, 1.82) is 0 Å². The number of nitrogens with zero attached hydrogens (tertiary/aromatic N) is 1. The Hall–Kier alpha value is -1.88. The van der Waals surface area contributed by atoms with Gasteiger partial charge in [0.25, 0.3) is 0 Å². The van der Waals surface area contributed by atoms with Gasteiger partial charge in [0, 0.05) is 6.42 Å². The van der Waals surface area contributed by atoms with Crippen LogP contribution in [0.4, 0.5) is 0 Å². The van der Waals surface area contributed by atoms with Crippen LogP contribution in [0, 0.1) is 13.8 Å². The van der Waals surface area contributed by atoms with E-state index in [4.69, 9.17) is 5.11 Å². The van der Waals surface area contributed by atoms with Crippen molar-refractivity contribution in [3.05, 3.63) is 34.9 Å². The molecular formula is C25H43N2O3+. The van der Waals surface area contributed by atoms with Crippen LogP contribution in [0.1, 0.15) is 74.5 Å². The van der Waals surface area contributed by atoms with E-state index in [0.29, 0.717) is 17.4 Å². The van der Waals surface area contributed by atoms with Gasteiger partial charge in [-0.2, -0.15) is 0 Å². The molecule has 0 spiro atoms. The molecule has 1 rings (SSSR count). The molecule has 0 aliphatic carbocycles. The van der Waals surface area contributed by atoms with E-state index in [1.54, 1.807) is 0 Å². The number of quaternary nitrogens is 1. The minimum Gasteiger partial charge on any atom is -0.481 e. The lowest BCUT2D eigenvalue weighted by molar-refractivity contribution is -0.871. The van der Waals surface area contributed by atoms with Crippen LogP contribution in [0.15, 0.2) is 18.2 Å². The SMILES string of the molecule is Cc1ccc(C)c(CCCCCCCCCC(=O)NC(CC(=O)O)C[N+](C)(C)C)c1. The molecule has 0 bridgehead atoms. The molecule has 1 amide bonds. The summed E-state index contributed by atoms with van der Waals surface area (Å²) in [7, 11) is 6.01. The van der Waals surface area contributed by atoms with E-state index >= 15 is 0 Å². The highest BCUT2D eigenvalue weighted by atomic mass is 16.4. The molecular weight excluding hydrogens is 376 g/mol. The Morgan fingerprint density at radius 3 is 2.17 bits per heavy atom. The predicted octanol–water partition coefficient (Wildman–Crippen LogP) is 4.63. The molecule has 0 aromatic heterocycles. The fourth-order valence-electron chi connectivity index (χ4n) is 3.89. The fraction of sp³-hybridized carbons (Fsp3) is 0.680. The van der Waals surface area contributed by atoms with Gasteiger partial charge in [-0.15, -0.1) is 0 Å². The molecule has 0 radical (unpaired) electrons. The molecule has 0 saturated carbocycles. The molecule has 0 aliphatic rings. The molecule has 5 heteroatoms. The second-order valence-corrected chi connectivity index (χ2v) is 9.74. The van der Waals surface area contributed by atoms with E-state index in [9.17, 15) is 9.59 Å². The Kier molecular flexibility index (Phi) is 11.7. The third kappa shape index (κ3) is 12.6. The monoisotopic (exact) mass is 419 g/mol. The van der Waals surface area contributed by atoms with Crippen molar-refractivity contribution in [3.63, 3.8) is 0 Å². The fourth-order valence-corrected chi connectivity index (χ4v) is 3.89. The highest BCUT2D eigenvalue weighted by Gasteiger charge is 2.22. The Morgan fingerprint density at radius 1 is 0.967 bits per heavy atom. The summed E-state index contributed by atoms with van der Waals surface area (Å²) in [5.41, 5.74) is 4.21. The predicted molar refractivity (Wildman–Crippen MR) is 124 cm³/mol. The molecule has 1 aromatic rings. The van der Waals surface area contributed by atoms with Crippen LogP contribution in [0.3, 0.4) is 0 Å². The summed E-state index contributed by atoms with van der Waals surface area (Å²) in [6.07, 6.45) is 9.69. The van der Waals surface area contributed by atoms with Gasteiger partial charge >= 0.3 is 5.97 Å². The van der Waals surface area contributed by atoms with Gasteiger partial charge in [0.15, 0.2) is 0 Å². The van der Waals surface area contributed by atoms with Crippen molar-refractivity contribution in [2.24, 2.45) is 0 Å². The van der Waals surface area contributed by atoms with Gasteiger partial charge in [0.2, 0.25) is 5.91 Å². The molecule has 2 N–H and O–H groups in total. The highest BCUT2D eigenvalue weighted by Crippen LogP contribution is 2.15. The highest BCUT2D eigenvalue weighted by molar-refractivity contribution is 5.77. The van der Waals surface area contributed by atoms with Crippen LogP contribution in [0.2, 0.25) is 0 Å². The first-order chi connectivity index (χ1) is 14.1. The third-order valence-corrected chi connectivity index (χ3v) is 5.41. The zero-order chi connectivity index (χ0) is 22.6. The van der Waals surface area contributed by atoms with E-state index in [-0.39, 0.29) is 18.4 Å². The maximum atomic E-state index is 12.2. The zero-order valence-electron chi connectivity index (χ0n) is 19.8. The molecule has 1 atom stereocenters. The standard InChI is InChI=1S/C25H42N2O3/c1-20-15-16-21(2)22(17-20)13-11-9-7-6-8-10-12-14-24(28)26-23(18-25(29)30)19-27(3,4)5/h15-17,23H,6-14,18-19H2,1-5H3,(H-,26,28,29,30)/p+1. The summed E-state index contributed by atoms with van der Waals surface area (Å²) >= 11 is 0. The first kappa shape index (κ1) is 26.2. The average molecular weight is 420 g/mol. The number of benzene rings is 1. The van der Waals surface area contributed by atoms with Gasteiger partial charge in [-0.05, 0) is 44.2 Å². The normalized spacial score (nSPS) is 12.6. The first-order valence-corrected chi connectivity index (χ1v) is 11.4. The van der Waals surface area contributed by atoms with Crippen molar-refractivity contribution in [1.82, 2.24) is 5.32 Å². The smallest absolute Gasteiger partial charge is 0.305 e. The number of carboxylic acids is 1. The lowest BCUT2D eigenvalue weighted by atomic mass is 9.99. The van der Waals surface area contributed by atoms with Gasteiger partial charge in [-0.3, -0.25) is 9.59 Å². The number of aliphatic carboxylic acids is 1. The van der Waals surface area contributed by atoms with Crippen molar-refractivity contribution in [3.8, 4) is 0 Å². The third-order valence-electron chi connectivity index (χ3n) is 5.41. The Bertz CT molecular complexity index is 665. The van der Waals surface area contributed by atoms with Gasteiger partial charge in [0.05, 0.1) is 40.2 Å². The number of nitrogens with one attached hydrogen (secondary N) is 1. The topological polar surface area (TPSA) is 66.4 Å². The number of unbranched alkanes of at least 4 members (excludes halogenated alkanes) is 6. The van der Waals surface area contributed by atoms with Crippen molar-refractivity contribution in [2.45, 2.75) is 84.1 Å². The molecule has 5 nitrogen and oxygen atoms in total. The van der Waals surface area contributed by atoms with Crippen LogP contribution < -0.4 is 5.32 Å². The maximum absolute atomic E-state index is 12.2. The average Bonchev–Trinajstić information content (AvgIpc) is 2.61. The lowest BCUT2D eigenvalue weighted by Crippen LogP contribution is -2.49. The quantitative estimate of drug-likeness (QED) is 0.322. The van der Waals surface area contributed by atoms with Gasteiger partial charge in [-0.25, -0.2) is 0 Å². The number of hydrogen-bond donors (Lipinski definition) is 2. The second kappa shape index (κ2) is 13.4. The number of carboxylic acid groups (broad SMARTS) is 1. The number of aryl methyl sites for hydroxylation is 3. The molecule has 1 aromatic carbocycles. The number of carbonyl (C=O) groups excluding carboxylic acids is 1. The summed E-state index contributed by atoms with van der Waals surface area (Å²) in [6, 6.07) is 6.39. The molecule has 30 heavy (non-hydrogen) atoms. The minimum atomic E-state index is -0.869. The number of carbonyl (C=O) groups is 2. The Labute approximate surface area is 183 Å². The van der Waals surface area contributed by atoms with Gasteiger partial charge < -0.3 is 14.9 Å². The summed E-state index contributed by atoms with van der Waals surface area (Å²) in [5.74, 6) is -0.894. The molecule has 0 heterocycles. The second-order valence-electron chi connectivity index (χ2n) is 9.74. The molecule has 0 saturated heterocycles. The zero-order valence-corrected chi connectivity index (χ0v) is 19.8. The minimum absolute atomic E-state index is 0.0245. The van der Waals surface area contributed by atoms with Crippen LogP contribution in [0.5, 0.6) is 0 Å². The van der Waals surface area contributed by atoms with Crippen molar-refractivity contribution in [2.75, 3.05) is 27.7 Å². The number of hydrogen-bond acceptors (Lipinski definition) is 2. The number of likely N-dealkylation sites (N-methyl/N-ethyl adjacent to an activating group) is 1. The van der Waals surface area contributed by atoms with Crippen LogP contribution in [-0.4, -0.2) is 55.2 Å². The molecule has 0 fully saturated rings. The summed E-state index contributed by atoms with van der Waals surface area (Å²) in [4.78, 5) is 23.2.